The van der Waals surface area contributed by atoms with E-state index >= 15 is 0 Å². The summed E-state index contributed by atoms with van der Waals surface area (Å²) < 4.78 is 5.37. The van der Waals surface area contributed by atoms with Crippen molar-refractivity contribution in [3.63, 3.8) is 0 Å². The van der Waals surface area contributed by atoms with Gasteiger partial charge in [-0.25, -0.2) is 4.79 Å². The van der Waals surface area contributed by atoms with Gasteiger partial charge in [-0.05, 0) is 12.1 Å². The maximum atomic E-state index is 10.4. The van der Waals surface area contributed by atoms with E-state index in [1.807, 2.05) is 0 Å². The van der Waals surface area contributed by atoms with E-state index < -0.39 is 11.0 Å². The standard InChI is InChI=1S/C11H16N4O4/c12-11(16)14-6-5-13-7-8-19-10-3-1-9(2-4-10)15(17)18/h1-4,13H,5-8H2,(H3,12,14,16). The molecule has 0 bridgehead atoms. The molecule has 0 aliphatic rings. The number of urea groups is 1. The van der Waals surface area contributed by atoms with Crippen LogP contribution in [0.5, 0.6) is 5.75 Å². The molecule has 4 N–H and O–H groups in total. The van der Waals surface area contributed by atoms with Crippen LogP contribution >= 0.6 is 0 Å². The van der Waals surface area contributed by atoms with E-state index in [1.165, 1.54) is 12.1 Å². The fourth-order valence-electron chi connectivity index (χ4n) is 1.30. The highest BCUT2D eigenvalue weighted by Crippen LogP contribution is 2.16. The number of amides is 2. The summed E-state index contributed by atoms with van der Waals surface area (Å²) in [6.07, 6.45) is 0. The lowest BCUT2D eigenvalue weighted by molar-refractivity contribution is -0.384. The van der Waals surface area contributed by atoms with Gasteiger partial charge in [0.1, 0.15) is 12.4 Å². The van der Waals surface area contributed by atoms with Crippen molar-refractivity contribution in [2.24, 2.45) is 5.73 Å². The molecular weight excluding hydrogens is 252 g/mol. The zero-order valence-corrected chi connectivity index (χ0v) is 10.3. The van der Waals surface area contributed by atoms with Gasteiger partial charge in [0.05, 0.1) is 4.92 Å². The van der Waals surface area contributed by atoms with Gasteiger partial charge in [-0.3, -0.25) is 10.1 Å². The first-order chi connectivity index (χ1) is 9.09. The highest BCUT2D eigenvalue weighted by atomic mass is 16.6. The molecule has 104 valence electrons. The predicted molar refractivity (Wildman–Crippen MR) is 69.0 cm³/mol. The Morgan fingerprint density at radius 3 is 2.53 bits per heavy atom. The molecule has 0 aromatic heterocycles. The summed E-state index contributed by atoms with van der Waals surface area (Å²) in [6, 6.07) is 5.32. The third-order valence-corrected chi connectivity index (χ3v) is 2.20. The first-order valence-electron chi connectivity index (χ1n) is 5.71. The summed E-state index contributed by atoms with van der Waals surface area (Å²) in [5, 5.41) is 15.9. The van der Waals surface area contributed by atoms with Crippen LogP contribution in [-0.4, -0.2) is 37.2 Å². The van der Waals surface area contributed by atoms with Crippen LogP contribution in [0.1, 0.15) is 0 Å². The van der Waals surface area contributed by atoms with Crippen LogP contribution in [0.25, 0.3) is 0 Å². The summed E-state index contributed by atoms with van der Waals surface area (Å²) >= 11 is 0. The van der Waals surface area contributed by atoms with Gasteiger partial charge in [0.2, 0.25) is 0 Å². The van der Waals surface area contributed by atoms with Crippen molar-refractivity contribution < 1.29 is 14.5 Å². The second-order valence-corrected chi connectivity index (χ2v) is 3.64. The van der Waals surface area contributed by atoms with Crippen molar-refractivity contribution in [2.45, 2.75) is 0 Å². The number of rotatable bonds is 8. The Morgan fingerprint density at radius 2 is 1.95 bits per heavy atom. The number of primary amides is 1. The molecule has 8 nitrogen and oxygen atoms in total. The second-order valence-electron chi connectivity index (χ2n) is 3.64. The minimum Gasteiger partial charge on any atom is -0.492 e. The Bertz CT molecular complexity index is 421. The minimum absolute atomic E-state index is 0.0306. The number of nitro benzene ring substituents is 1. The molecule has 1 aromatic carbocycles. The van der Waals surface area contributed by atoms with E-state index in [0.717, 1.165) is 0 Å². The van der Waals surface area contributed by atoms with Crippen molar-refractivity contribution in [2.75, 3.05) is 26.2 Å². The van der Waals surface area contributed by atoms with Gasteiger partial charge in [0, 0.05) is 31.8 Å². The van der Waals surface area contributed by atoms with Gasteiger partial charge in [-0.2, -0.15) is 0 Å². The maximum absolute atomic E-state index is 10.4. The van der Waals surface area contributed by atoms with Crippen molar-refractivity contribution in [1.82, 2.24) is 10.6 Å². The Morgan fingerprint density at radius 1 is 1.26 bits per heavy atom. The number of nitro groups is 1. The molecule has 0 atom stereocenters. The lowest BCUT2D eigenvalue weighted by Gasteiger charge is -2.07. The number of nitrogens with one attached hydrogen (secondary N) is 2. The predicted octanol–water partition coefficient (Wildman–Crippen LogP) is 0.232. The van der Waals surface area contributed by atoms with Crippen LogP contribution < -0.4 is 21.1 Å². The highest BCUT2D eigenvalue weighted by molar-refractivity contribution is 5.71. The van der Waals surface area contributed by atoms with Gasteiger partial charge in [0.15, 0.2) is 0 Å². The molecule has 0 unspecified atom stereocenters. The van der Waals surface area contributed by atoms with Crippen LogP contribution in [-0.2, 0) is 0 Å². The molecule has 8 heteroatoms. The van der Waals surface area contributed by atoms with Crippen molar-refractivity contribution >= 4 is 11.7 Å². The zero-order chi connectivity index (χ0) is 14.1. The van der Waals surface area contributed by atoms with E-state index in [0.29, 0.717) is 32.0 Å². The second kappa shape index (κ2) is 7.88. The third-order valence-electron chi connectivity index (χ3n) is 2.20. The first kappa shape index (κ1) is 14.7. The first-order valence-corrected chi connectivity index (χ1v) is 5.71. The lowest BCUT2D eigenvalue weighted by atomic mass is 10.3. The molecule has 0 aliphatic heterocycles. The van der Waals surface area contributed by atoms with Crippen molar-refractivity contribution in [3.8, 4) is 5.75 Å². The van der Waals surface area contributed by atoms with Crippen LogP contribution in [0, 0.1) is 10.1 Å². The fourth-order valence-corrected chi connectivity index (χ4v) is 1.30. The molecule has 1 aromatic rings. The van der Waals surface area contributed by atoms with Gasteiger partial charge in [0.25, 0.3) is 5.69 Å². The van der Waals surface area contributed by atoms with E-state index in [4.69, 9.17) is 10.5 Å². The fraction of sp³-hybridized carbons (Fsp3) is 0.364. The molecule has 0 saturated heterocycles. The molecule has 0 aliphatic carbocycles. The molecular formula is C11H16N4O4. The van der Waals surface area contributed by atoms with E-state index in [9.17, 15) is 14.9 Å². The van der Waals surface area contributed by atoms with Crippen LogP contribution in [0.15, 0.2) is 24.3 Å². The number of carbonyl (C=O) groups excluding carboxylic acids is 1. The molecule has 0 fully saturated rings. The molecule has 0 radical (unpaired) electrons. The number of carbonyl (C=O) groups is 1. The number of hydrogen-bond donors (Lipinski definition) is 3. The van der Waals surface area contributed by atoms with Crippen molar-refractivity contribution in [3.05, 3.63) is 34.4 Å². The Balaban J connectivity index is 2.12. The average molecular weight is 268 g/mol. The topological polar surface area (TPSA) is 120 Å². The van der Waals surface area contributed by atoms with Gasteiger partial charge in [-0.15, -0.1) is 0 Å². The smallest absolute Gasteiger partial charge is 0.312 e. The average Bonchev–Trinajstić information content (AvgIpc) is 2.38. The Hall–Kier alpha value is -2.35. The minimum atomic E-state index is -0.552. The summed E-state index contributed by atoms with van der Waals surface area (Å²) in [5.41, 5.74) is 4.92. The quantitative estimate of drug-likeness (QED) is 0.354. The number of hydrogen-bond acceptors (Lipinski definition) is 5. The zero-order valence-electron chi connectivity index (χ0n) is 10.3. The van der Waals surface area contributed by atoms with Crippen molar-refractivity contribution in [1.29, 1.82) is 0 Å². The van der Waals surface area contributed by atoms with Crippen LogP contribution in [0.4, 0.5) is 10.5 Å². The monoisotopic (exact) mass is 268 g/mol. The Kier molecular flexibility index (Phi) is 6.10. The van der Waals surface area contributed by atoms with E-state index in [-0.39, 0.29) is 5.69 Å². The lowest BCUT2D eigenvalue weighted by Crippen LogP contribution is -2.36. The largest absolute Gasteiger partial charge is 0.492 e. The summed E-state index contributed by atoms with van der Waals surface area (Å²) in [4.78, 5) is 20.3. The number of non-ortho nitro benzene ring substituents is 1. The van der Waals surface area contributed by atoms with E-state index in [1.54, 1.807) is 12.1 Å². The molecule has 19 heavy (non-hydrogen) atoms. The summed E-state index contributed by atoms with van der Waals surface area (Å²) in [6.45, 7) is 2.06. The molecule has 0 saturated carbocycles. The summed E-state index contributed by atoms with van der Waals surface area (Å²) in [7, 11) is 0. The molecule has 0 heterocycles. The number of nitrogens with two attached hydrogens (primary N) is 1. The normalized spacial score (nSPS) is 9.89. The molecule has 1 rings (SSSR count). The van der Waals surface area contributed by atoms with Crippen LogP contribution in [0.3, 0.4) is 0 Å². The van der Waals surface area contributed by atoms with Gasteiger partial charge in [-0.1, -0.05) is 0 Å². The number of benzene rings is 1. The molecule has 0 spiro atoms. The summed E-state index contributed by atoms with van der Waals surface area (Å²) in [5.74, 6) is 0.572. The van der Waals surface area contributed by atoms with Crippen LogP contribution in [0.2, 0.25) is 0 Å². The maximum Gasteiger partial charge on any atom is 0.312 e. The Labute approximate surface area is 110 Å². The van der Waals surface area contributed by atoms with Gasteiger partial charge < -0.3 is 21.1 Å². The number of nitrogens with zero attached hydrogens (tertiary/aromatic N) is 1. The third kappa shape index (κ3) is 6.22. The van der Waals surface area contributed by atoms with Gasteiger partial charge >= 0.3 is 6.03 Å². The SMILES string of the molecule is NC(=O)NCCNCCOc1ccc([N+](=O)[O-])cc1. The highest BCUT2D eigenvalue weighted by Gasteiger charge is 2.03. The van der Waals surface area contributed by atoms with E-state index in [2.05, 4.69) is 10.6 Å². The number of ether oxygens (including phenoxy) is 1. The molecule has 2 amide bonds.